The SMILES string of the molecule is C.CCCCCCCCC1(CCCCCCCC)c2cc(Br)ccc2-c2ccc(Br)cc21.CCCCCCCCOc1cc(Br)c(OCCN2C(=O)c3cccc4c(N5CCOCC5)ccc(c34)C2=O)cc1Br.CCCCCCCCOc1cc(Cc2ccc3c(c2)C(CCCCCCCC)(CCCCCCCC)c2cc(C)ccc2-3)c(OCCN2C(=O)c3cccc4c(N5CCOCC5)ccc(c34)C2=O)cc1C. The maximum Gasteiger partial charge on any atom is 0.261 e. The van der Waals surface area contributed by atoms with Gasteiger partial charge in [-0.2, -0.15) is 0 Å². The predicted octanol–water partition coefficient (Wildman–Crippen LogP) is 35.3. The third kappa shape index (κ3) is 28.4. The molecule has 10 aromatic carbocycles. The predicted molar refractivity (Wildman–Crippen MR) is 613 cm³/mol. The van der Waals surface area contributed by atoms with Crippen LogP contribution in [0.4, 0.5) is 11.4 Å². The van der Waals surface area contributed by atoms with Gasteiger partial charge in [-0.15, -0.1) is 0 Å². The minimum atomic E-state index is -0.297. The molecule has 0 bridgehead atoms. The molecule has 0 unspecified atom stereocenters. The highest BCUT2D eigenvalue weighted by Gasteiger charge is 2.45. The van der Waals surface area contributed by atoms with Gasteiger partial charge < -0.3 is 38.2 Å². The summed E-state index contributed by atoms with van der Waals surface area (Å²) in [6, 6.07) is 55.8. The molecule has 776 valence electrons. The third-order valence-corrected chi connectivity index (χ3v) is 33.0. The second-order valence-corrected chi connectivity index (χ2v) is 44.6. The van der Waals surface area contributed by atoms with Crippen LogP contribution in [0.5, 0.6) is 23.0 Å². The lowest BCUT2D eigenvalue weighted by Crippen LogP contribution is -2.43. The van der Waals surface area contributed by atoms with Crippen LogP contribution in [0.3, 0.4) is 0 Å². The lowest BCUT2D eigenvalue weighted by atomic mass is 9.70. The first kappa shape index (κ1) is 113. The van der Waals surface area contributed by atoms with Crippen LogP contribution in [0.25, 0.3) is 43.8 Å². The summed E-state index contributed by atoms with van der Waals surface area (Å²) in [7, 11) is 0. The topological polar surface area (TPSA) is 137 Å². The molecule has 16 rings (SSSR count). The summed E-state index contributed by atoms with van der Waals surface area (Å²) in [5.74, 6) is 1.89. The molecule has 0 N–H and O–H groups in total. The number of amides is 4. The number of hydrogen-bond donors (Lipinski definition) is 0. The summed E-state index contributed by atoms with van der Waals surface area (Å²) < 4.78 is 40.4. The number of ether oxygens (including phenoxy) is 6. The molecule has 0 aromatic heterocycles. The Morgan fingerprint density at radius 1 is 0.312 bits per heavy atom. The zero-order valence-corrected chi connectivity index (χ0v) is 93.6. The van der Waals surface area contributed by atoms with Crippen molar-refractivity contribution in [1.82, 2.24) is 9.80 Å². The van der Waals surface area contributed by atoms with E-state index in [-0.39, 0.29) is 68.2 Å². The molecule has 2 aliphatic carbocycles. The molecule has 6 aliphatic rings. The summed E-state index contributed by atoms with van der Waals surface area (Å²) in [4.78, 5) is 62.7. The van der Waals surface area contributed by atoms with Gasteiger partial charge in [0.1, 0.15) is 36.2 Å². The maximum atomic E-state index is 14.2. The molecular formula is C126H164Br4N4O10. The standard InChI is InChI=1S/C64H84N2O5.C32H36Br2N2O5.C29H40Br2.CH4/c1-6-9-12-15-18-21-33-64(34-22-19-16-13-10-7-2)56-42-47(4)27-29-51(56)52-30-28-49(45-57(52)64)44-50-46-59(70-38-23-20-17-14-11-8-3)48(5)43-60(50)71-41-37-66-62(67)54-26-24-25-53-58(65-35-39-69-40-36-65)32-31-55(61(53)54)63(66)68;1-2-3-4-5-6-7-16-40-28-20-26(34)29(21-25(28)33)41-19-15-36-31(37)23-10-8-9-22-27(35-13-17-39-18-14-35)12-11-24(30(22)23)32(36)38;1-3-5-7-9-11-13-19-29(20-14-12-10-8-6-4-2)27-21-23(30)15-17-25(27)26-18-16-24(31)22-28(26)29;/h24-32,42-43,45-46H,6-23,33-41,44H2,1-5H3;8-12,20-21H,2-7,13-19H2,1H3;15-18,21-22H,3-14,19-20H2,1-2H3;1H4. The fraction of sp³-hybridized carbons (Fsp3) is 0.524. The van der Waals surface area contributed by atoms with Gasteiger partial charge in [0.15, 0.2) is 0 Å². The second kappa shape index (κ2) is 57.4. The first-order valence-corrected chi connectivity index (χ1v) is 58.5. The van der Waals surface area contributed by atoms with Crippen LogP contribution in [0.15, 0.2) is 176 Å². The molecule has 2 fully saturated rings. The molecule has 0 saturated carbocycles. The Labute approximate surface area is 897 Å². The van der Waals surface area contributed by atoms with Crippen LogP contribution < -0.4 is 28.7 Å². The maximum absolute atomic E-state index is 14.2. The number of nitrogens with zero attached hydrogens (tertiary/aromatic N) is 4. The van der Waals surface area contributed by atoms with Gasteiger partial charge in [0.2, 0.25) is 0 Å². The zero-order valence-electron chi connectivity index (χ0n) is 87.3. The van der Waals surface area contributed by atoms with Crippen molar-refractivity contribution in [3.63, 3.8) is 0 Å². The van der Waals surface area contributed by atoms with Crippen molar-refractivity contribution < 1.29 is 47.6 Å². The fourth-order valence-electron chi connectivity index (χ4n) is 22.9. The molecule has 18 heteroatoms. The van der Waals surface area contributed by atoms with Gasteiger partial charge in [-0.1, -0.05) is 377 Å². The van der Waals surface area contributed by atoms with Gasteiger partial charge in [-0.3, -0.25) is 29.0 Å². The van der Waals surface area contributed by atoms with Crippen molar-refractivity contribution in [3.05, 3.63) is 242 Å². The summed E-state index contributed by atoms with van der Waals surface area (Å²) in [5.41, 5.74) is 21.0. The van der Waals surface area contributed by atoms with Crippen molar-refractivity contribution in [1.29, 1.82) is 0 Å². The number of benzene rings is 10. The Bertz CT molecular complexity index is 5730. The number of anilines is 2. The van der Waals surface area contributed by atoms with Crippen LogP contribution in [0.2, 0.25) is 0 Å². The molecule has 4 aliphatic heterocycles. The van der Waals surface area contributed by atoms with Crippen LogP contribution >= 0.6 is 63.7 Å². The van der Waals surface area contributed by atoms with E-state index >= 15 is 0 Å². The van der Waals surface area contributed by atoms with Crippen molar-refractivity contribution >= 4 is 120 Å². The highest BCUT2D eigenvalue weighted by Crippen LogP contribution is 2.58. The average Bonchev–Trinajstić information content (AvgIpc) is 1.69. The number of unbranched alkanes of at least 4 members (excludes halogenated alkanes) is 30. The molecule has 2 saturated heterocycles. The Hall–Kier alpha value is -8.36. The number of hydrogen-bond acceptors (Lipinski definition) is 12. The Morgan fingerprint density at radius 3 is 1.04 bits per heavy atom. The molecule has 0 radical (unpaired) electrons. The minimum Gasteiger partial charge on any atom is -0.493 e. The molecule has 4 heterocycles. The number of morpholine rings is 2. The quantitative estimate of drug-likeness (QED) is 0.0265. The lowest BCUT2D eigenvalue weighted by Gasteiger charge is -2.33. The highest BCUT2D eigenvalue weighted by molar-refractivity contribution is 9.11. The van der Waals surface area contributed by atoms with Crippen LogP contribution in [0, 0.1) is 13.8 Å². The van der Waals surface area contributed by atoms with Crippen molar-refractivity contribution in [2.75, 3.05) is 102 Å². The van der Waals surface area contributed by atoms with Gasteiger partial charge in [0.05, 0.1) is 61.7 Å². The number of aryl methyl sites for hydroxylation is 2. The van der Waals surface area contributed by atoms with Gasteiger partial charge >= 0.3 is 0 Å². The van der Waals surface area contributed by atoms with E-state index in [0.29, 0.717) is 74.1 Å². The summed E-state index contributed by atoms with van der Waals surface area (Å²) >= 11 is 14.7. The van der Waals surface area contributed by atoms with E-state index < -0.39 is 0 Å². The fourth-order valence-corrected chi connectivity index (χ4v) is 24.5. The smallest absolute Gasteiger partial charge is 0.261 e. The molecule has 14 nitrogen and oxygen atoms in total. The molecule has 0 atom stereocenters. The Balaban J connectivity index is 0.000000200. The van der Waals surface area contributed by atoms with E-state index in [1.165, 1.54) is 307 Å². The number of carbonyl (C=O) groups excluding carboxylic acids is 4. The Morgan fingerprint density at radius 2 is 0.639 bits per heavy atom. The van der Waals surface area contributed by atoms with E-state index in [9.17, 15) is 19.2 Å². The molecule has 4 amide bonds. The normalized spacial score (nSPS) is 14.6. The van der Waals surface area contributed by atoms with Crippen molar-refractivity contribution in [2.45, 2.75) is 337 Å². The summed E-state index contributed by atoms with van der Waals surface area (Å²) in [6.45, 7) is 25.8. The van der Waals surface area contributed by atoms with Crippen LogP contribution in [-0.4, -0.2) is 126 Å². The number of rotatable bonds is 56. The van der Waals surface area contributed by atoms with Gasteiger partial charge in [-0.25, -0.2) is 0 Å². The molecule has 10 aromatic rings. The van der Waals surface area contributed by atoms with E-state index in [1.54, 1.807) is 17.2 Å². The van der Waals surface area contributed by atoms with Gasteiger partial charge in [-0.05, 0) is 225 Å². The Kier molecular flexibility index (Phi) is 45.0. The zero-order chi connectivity index (χ0) is 100. The highest BCUT2D eigenvalue weighted by atomic mass is 79.9. The minimum absolute atomic E-state index is 0. The largest absolute Gasteiger partial charge is 0.493 e. The number of fused-ring (bicyclic) bond motifs is 6. The molecular weight excluding hydrogens is 2050 g/mol. The van der Waals surface area contributed by atoms with Gasteiger partial charge in [0, 0.05) is 113 Å². The van der Waals surface area contributed by atoms with E-state index in [2.05, 4.69) is 214 Å². The van der Waals surface area contributed by atoms with Crippen molar-refractivity contribution in [2.24, 2.45) is 0 Å². The van der Waals surface area contributed by atoms with Gasteiger partial charge in [0.25, 0.3) is 23.6 Å². The number of halogens is 4. The lowest BCUT2D eigenvalue weighted by molar-refractivity contribution is 0.0573. The third-order valence-electron chi connectivity index (χ3n) is 30.7. The summed E-state index contributed by atoms with van der Waals surface area (Å²) in [5, 5.41) is 3.33. The number of carbonyl (C=O) groups is 4. The second-order valence-electron chi connectivity index (χ2n) is 41.0. The van der Waals surface area contributed by atoms with E-state index in [0.717, 1.165) is 109 Å². The molecule has 0 spiro atoms. The summed E-state index contributed by atoms with van der Waals surface area (Å²) in [6.07, 6.45) is 52.0. The average molecular weight is 2210 g/mol. The first-order chi connectivity index (χ1) is 69.9. The van der Waals surface area contributed by atoms with Crippen LogP contribution in [-0.2, 0) is 26.7 Å². The number of imide groups is 2. The van der Waals surface area contributed by atoms with E-state index in [4.69, 9.17) is 28.4 Å². The van der Waals surface area contributed by atoms with Crippen LogP contribution in [0.1, 0.15) is 392 Å². The molecule has 144 heavy (non-hydrogen) atoms. The first-order valence-electron chi connectivity index (χ1n) is 55.4. The van der Waals surface area contributed by atoms with Crippen molar-refractivity contribution in [3.8, 4) is 45.3 Å². The monoisotopic (exact) mass is 2210 g/mol. The van der Waals surface area contributed by atoms with E-state index in [1.807, 2.05) is 66.7 Å².